The first-order valence-electron chi connectivity index (χ1n) is 9.02. The lowest BCUT2D eigenvalue weighted by Crippen LogP contribution is -1.97. The molecule has 0 heteroatoms. The van der Waals surface area contributed by atoms with Crippen molar-refractivity contribution in [2.24, 2.45) is 0 Å². The van der Waals surface area contributed by atoms with Gasteiger partial charge in [-0.2, -0.15) is 0 Å². The number of hydrogen-bond donors (Lipinski definition) is 0. The molecule has 1 aromatic rings. The fourth-order valence-electron chi connectivity index (χ4n) is 4.11. The molecule has 0 spiro atoms. The normalized spacial score (nSPS) is 18.6. The standard InChI is InChI=1S/C24H24/c1-3-18-10-6-12-23(18)17(2)14-21-11-7-13-24(21)22-15-19-8-4-5-9-20(19)16-22/h4-5,8-13,15H,2-3,6-7,14,16H2,1H3. The Kier molecular flexibility index (Phi) is 3.98. The summed E-state index contributed by atoms with van der Waals surface area (Å²) in [6, 6.07) is 8.74. The van der Waals surface area contributed by atoms with Crippen molar-refractivity contribution >= 4 is 6.08 Å². The first-order chi connectivity index (χ1) is 11.8. The van der Waals surface area contributed by atoms with Crippen LogP contribution < -0.4 is 0 Å². The van der Waals surface area contributed by atoms with Crippen molar-refractivity contribution in [3.05, 3.63) is 99.7 Å². The topological polar surface area (TPSA) is 0 Å². The Bertz CT molecular complexity index is 850. The van der Waals surface area contributed by atoms with Crippen molar-refractivity contribution in [2.45, 2.75) is 39.0 Å². The molecule has 0 heterocycles. The molecule has 0 amide bonds. The van der Waals surface area contributed by atoms with E-state index in [1.165, 1.54) is 44.6 Å². The summed E-state index contributed by atoms with van der Waals surface area (Å²) in [5.74, 6) is 0. The smallest absolute Gasteiger partial charge is 0.00137 e. The molecule has 0 unspecified atom stereocenters. The average molecular weight is 312 g/mol. The lowest BCUT2D eigenvalue weighted by molar-refractivity contribution is 1.07. The first kappa shape index (κ1) is 15.2. The maximum Gasteiger partial charge on any atom is -0.00137 e. The Morgan fingerprint density at radius 3 is 2.62 bits per heavy atom. The second kappa shape index (κ2) is 6.28. The Hall–Kier alpha value is -2.34. The monoisotopic (exact) mass is 312 g/mol. The number of rotatable bonds is 5. The van der Waals surface area contributed by atoms with E-state index >= 15 is 0 Å². The minimum Gasteiger partial charge on any atom is -0.0949 e. The molecule has 24 heavy (non-hydrogen) atoms. The third-order valence-corrected chi connectivity index (χ3v) is 5.34. The van der Waals surface area contributed by atoms with Crippen molar-refractivity contribution < 1.29 is 0 Å². The molecular weight excluding hydrogens is 288 g/mol. The summed E-state index contributed by atoms with van der Waals surface area (Å²) in [7, 11) is 0. The average Bonchev–Trinajstić information content (AvgIpc) is 3.32. The van der Waals surface area contributed by atoms with Gasteiger partial charge in [0.25, 0.3) is 0 Å². The van der Waals surface area contributed by atoms with Gasteiger partial charge in [-0.1, -0.05) is 68.1 Å². The van der Waals surface area contributed by atoms with E-state index in [1.54, 1.807) is 0 Å². The van der Waals surface area contributed by atoms with Crippen molar-refractivity contribution in [2.75, 3.05) is 0 Å². The molecule has 0 aliphatic heterocycles. The lowest BCUT2D eigenvalue weighted by atomic mass is 9.90. The van der Waals surface area contributed by atoms with Crippen LogP contribution in [0.2, 0.25) is 0 Å². The molecule has 1 aromatic carbocycles. The predicted octanol–water partition coefficient (Wildman–Crippen LogP) is 6.50. The summed E-state index contributed by atoms with van der Waals surface area (Å²) in [5.41, 5.74) is 11.4. The Morgan fingerprint density at radius 2 is 1.79 bits per heavy atom. The van der Waals surface area contributed by atoms with Crippen LogP contribution in [0.25, 0.3) is 6.08 Å². The fraction of sp³-hybridized carbons (Fsp3) is 0.250. The molecule has 0 saturated carbocycles. The zero-order valence-electron chi connectivity index (χ0n) is 14.4. The third kappa shape index (κ3) is 2.67. The molecule has 0 saturated heterocycles. The van der Waals surface area contributed by atoms with Gasteiger partial charge in [0.15, 0.2) is 0 Å². The third-order valence-electron chi connectivity index (χ3n) is 5.34. The molecule has 3 aliphatic rings. The molecule has 0 radical (unpaired) electrons. The number of hydrogen-bond acceptors (Lipinski definition) is 0. The molecule has 0 atom stereocenters. The van der Waals surface area contributed by atoms with Gasteiger partial charge >= 0.3 is 0 Å². The van der Waals surface area contributed by atoms with E-state index < -0.39 is 0 Å². The molecule has 0 N–H and O–H groups in total. The molecule has 0 fully saturated rings. The van der Waals surface area contributed by atoms with Crippen LogP contribution in [-0.2, 0) is 6.42 Å². The van der Waals surface area contributed by atoms with Gasteiger partial charge in [-0.25, -0.2) is 0 Å². The van der Waals surface area contributed by atoms with Gasteiger partial charge in [0.1, 0.15) is 0 Å². The minimum atomic E-state index is 0.975. The summed E-state index contributed by atoms with van der Waals surface area (Å²) in [4.78, 5) is 0. The van der Waals surface area contributed by atoms with Gasteiger partial charge in [-0.15, -0.1) is 0 Å². The van der Waals surface area contributed by atoms with Crippen LogP contribution >= 0.6 is 0 Å². The Balaban J connectivity index is 1.51. The maximum atomic E-state index is 4.40. The van der Waals surface area contributed by atoms with Gasteiger partial charge in [-0.05, 0) is 76.7 Å². The second-order valence-corrected chi connectivity index (χ2v) is 6.84. The summed E-state index contributed by atoms with van der Waals surface area (Å²) in [6.07, 6.45) is 17.1. The van der Waals surface area contributed by atoms with Gasteiger partial charge in [0.2, 0.25) is 0 Å². The number of benzene rings is 1. The summed E-state index contributed by atoms with van der Waals surface area (Å²) < 4.78 is 0. The van der Waals surface area contributed by atoms with Gasteiger partial charge in [0.05, 0.1) is 0 Å². The van der Waals surface area contributed by atoms with Gasteiger partial charge in [0, 0.05) is 0 Å². The highest BCUT2D eigenvalue weighted by molar-refractivity contribution is 5.72. The van der Waals surface area contributed by atoms with Crippen LogP contribution in [0.3, 0.4) is 0 Å². The van der Waals surface area contributed by atoms with E-state index in [4.69, 9.17) is 0 Å². The molecule has 3 aliphatic carbocycles. The SMILES string of the molecule is C=C(CC1=CCC=C1C1=Cc2ccccc2C1)C1=CCC=C1CC. The molecule has 4 rings (SSSR count). The molecule has 0 nitrogen and oxygen atoms in total. The zero-order chi connectivity index (χ0) is 16.5. The van der Waals surface area contributed by atoms with Crippen molar-refractivity contribution in [3.63, 3.8) is 0 Å². The van der Waals surface area contributed by atoms with E-state index in [9.17, 15) is 0 Å². The molecule has 0 bridgehead atoms. The van der Waals surface area contributed by atoms with Crippen molar-refractivity contribution in [1.82, 2.24) is 0 Å². The maximum absolute atomic E-state index is 4.40. The first-order valence-corrected chi connectivity index (χ1v) is 9.02. The lowest BCUT2D eigenvalue weighted by Gasteiger charge is -2.15. The van der Waals surface area contributed by atoms with E-state index in [2.05, 4.69) is 68.1 Å². The van der Waals surface area contributed by atoms with Crippen LogP contribution in [0.1, 0.15) is 43.7 Å². The van der Waals surface area contributed by atoms with Crippen LogP contribution in [0.4, 0.5) is 0 Å². The fourth-order valence-corrected chi connectivity index (χ4v) is 4.11. The van der Waals surface area contributed by atoms with Crippen LogP contribution in [0, 0.1) is 0 Å². The van der Waals surface area contributed by atoms with Gasteiger partial charge < -0.3 is 0 Å². The van der Waals surface area contributed by atoms with Gasteiger partial charge in [-0.3, -0.25) is 0 Å². The van der Waals surface area contributed by atoms with Crippen molar-refractivity contribution in [3.8, 4) is 0 Å². The van der Waals surface area contributed by atoms with E-state index in [1.807, 2.05) is 0 Å². The quantitative estimate of drug-likeness (QED) is 0.582. The second-order valence-electron chi connectivity index (χ2n) is 6.84. The van der Waals surface area contributed by atoms with E-state index in [0.717, 1.165) is 32.1 Å². The van der Waals surface area contributed by atoms with E-state index in [-0.39, 0.29) is 0 Å². The van der Waals surface area contributed by atoms with Crippen LogP contribution in [0.5, 0.6) is 0 Å². The predicted molar refractivity (Wildman–Crippen MR) is 104 cm³/mol. The van der Waals surface area contributed by atoms with Crippen molar-refractivity contribution in [1.29, 1.82) is 0 Å². The summed E-state index contributed by atoms with van der Waals surface area (Å²) in [5, 5.41) is 0. The highest BCUT2D eigenvalue weighted by atomic mass is 14.3. The molecule has 0 aromatic heterocycles. The zero-order valence-corrected chi connectivity index (χ0v) is 14.4. The number of allylic oxidation sites excluding steroid dienone is 10. The summed E-state index contributed by atoms with van der Waals surface area (Å²) in [6.45, 7) is 6.64. The highest BCUT2D eigenvalue weighted by Gasteiger charge is 2.21. The van der Waals surface area contributed by atoms with Crippen LogP contribution in [-0.4, -0.2) is 0 Å². The Morgan fingerprint density at radius 1 is 1.00 bits per heavy atom. The van der Waals surface area contributed by atoms with Crippen LogP contribution in [0.15, 0.2) is 88.6 Å². The number of fused-ring (bicyclic) bond motifs is 1. The van der Waals surface area contributed by atoms with E-state index in [0.29, 0.717) is 0 Å². The molecule has 120 valence electrons. The Labute approximate surface area is 145 Å². The largest absolute Gasteiger partial charge is 0.0949 e. The summed E-state index contributed by atoms with van der Waals surface area (Å²) >= 11 is 0. The highest BCUT2D eigenvalue weighted by Crippen LogP contribution is 2.39. The minimum absolute atomic E-state index is 0.975. The molecular formula is C24H24.